The van der Waals surface area contributed by atoms with E-state index in [1.54, 1.807) is 12.1 Å². The van der Waals surface area contributed by atoms with Crippen molar-refractivity contribution in [2.24, 2.45) is 10.8 Å². The third-order valence-electron chi connectivity index (χ3n) is 17.2. The summed E-state index contributed by atoms with van der Waals surface area (Å²) in [4.78, 5) is 19.1. The molecule has 0 saturated heterocycles. The van der Waals surface area contributed by atoms with E-state index in [9.17, 15) is 8.78 Å². The summed E-state index contributed by atoms with van der Waals surface area (Å²) < 4.78 is 37.1. The minimum absolute atomic E-state index is 0.0503. The van der Waals surface area contributed by atoms with Crippen molar-refractivity contribution in [2.75, 3.05) is 0 Å². The van der Waals surface area contributed by atoms with Crippen molar-refractivity contribution < 1.29 is 8.78 Å². The molecule has 6 aliphatic carbocycles. The van der Waals surface area contributed by atoms with E-state index in [0.29, 0.717) is 20.9 Å². The third kappa shape index (κ3) is 8.45. The van der Waals surface area contributed by atoms with E-state index in [1.807, 2.05) is 24.8 Å². The first-order valence-electron chi connectivity index (χ1n) is 24.7. The largest absolute Gasteiger partial charge is 0.331 e. The highest BCUT2D eigenvalue weighted by Crippen LogP contribution is 2.58. The summed E-state index contributed by atoms with van der Waals surface area (Å²) in [6.45, 7) is 5.92. The molecule has 8 aliphatic rings. The molecule has 10 nitrogen and oxygen atoms in total. The Kier molecular flexibility index (Phi) is 11.5. The average Bonchev–Trinajstić information content (AvgIpc) is 4.08. The van der Waals surface area contributed by atoms with E-state index in [2.05, 4.69) is 54.7 Å². The van der Waals surface area contributed by atoms with Gasteiger partial charge in [-0.2, -0.15) is 10.2 Å². The second kappa shape index (κ2) is 17.3. The van der Waals surface area contributed by atoms with Gasteiger partial charge in [0.2, 0.25) is 0 Å². The van der Waals surface area contributed by atoms with Gasteiger partial charge >= 0.3 is 0 Å². The number of aryl methyl sites for hydroxylation is 4. The van der Waals surface area contributed by atoms with E-state index < -0.39 is 0 Å². The highest BCUT2D eigenvalue weighted by molar-refractivity contribution is 6.30. The van der Waals surface area contributed by atoms with Gasteiger partial charge in [0, 0.05) is 71.3 Å². The highest BCUT2D eigenvalue weighted by Gasteiger charge is 2.51. The molecular formula is C52H62Cl2F2N10. The molecule has 2 aromatic carbocycles. The smallest absolute Gasteiger partial charge is 0.151 e. The fraction of sp³-hybridized carbons (Fsp3) is 0.577. The van der Waals surface area contributed by atoms with Gasteiger partial charge in [-0.05, 0) is 175 Å². The minimum atomic E-state index is -0.284. The Hall–Kier alpha value is -4.42. The van der Waals surface area contributed by atoms with Gasteiger partial charge in [-0.15, -0.1) is 0 Å². The number of hydrogen-bond acceptors (Lipinski definition) is 6. The molecule has 2 aliphatic heterocycles. The van der Waals surface area contributed by atoms with E-state index >= 15 is 0 Å². The van der Waals surface area contributed by atoms with Gasteiger partial charge in [-0.3, -0.25) is 0 Å². The summed E-state index contributed by atoms with van der Waals surface area (Å²) in [6.07, 6.45) is 31.2. The molecule has 0 N–H and O–H groups in total. The predicted octanol–water partition coefficient (Wildman–Crippen LogP) is 12.4. The molecule has 14 rings (SSSR count). The second-order valence-corrected chi connectivity index (χ2v) is 22.2. The van der Waals surface area contributed by atoms with Crippen molar-refractivity contribution in [2.45, 2.75) is 178 Å². The van der Waals surface area contributed by atoms with E-state index in [4.69, 9.17) is 43.4 Å². The number of rotatable bonds is 8. The number of nitrogens with zero attached hydrogens (tertiary/aromatic N) is 10. The highest BCUT2D eigenvalue weighted by atomic mass is 35.5. The molecule has 14 heteroatoms. The summed E-state index contributed by atoms with van der Waals surface area (Å²) in [6, 6.07) is 9.73. The second-order valence-electron chi connectivity index (χ2n) is 21.4. The van der Waals surface area contributed by atoms with Crippen molar-refractivity contribution >= 4 is 23.2 Å². The molecule has 6 saturated carbocycles. The molecule has 0 spiro atoms. The van der Waals surface area contributed by atoms with Gasteiger partial charge in [0.1, 0.15) is 23.3 Å². The van der Waals surface area contributed by atoms with Gasteiger partial charge in [0.25, 0.3) is 0 Å². The first-order valence-corrected chi connectivity index (χ1v) is 25.4. The molecule has 4 aromatic heterocycles. The van der Waals surface area contributed by atoms with Crippen LogP contribution in [0, 0.1) is 36.3 Å². The quantitative estimate of drug-likeness (QED) is 0.151. The van der Waals surface area contributed by atoms with Crippen LogP contribution in [0.15, 0.2) is 61.4 Å². The predicted molar refractivity (Wildman–Crippen MR) is 252 cm³/mol. The third-order valence-corrected chi connectivity index (χ3v) is 17.7. The van der Waals surface area contributed by atoms with Crippen LogP contribution < -0.4 is 0 Å². The number of hydrogen-bond donors (Lipinski definition) is 0. The number of halogens is 4. The molecule has 4 bridgehead atoms. The first kappa shape index (κ1) is 44.1. The molecule has 66 heavy (non-hydrogen) atoms. The summed E-state index contributed by atoms with van der Waals surface area (Å²) in [5.74, 6) is 3.43. The number of aromatic nitrogens is 10. The number of fused-ring (bicyclic) bond motifs is 8. The molecule has 348 valence electrons. The lowest BCUT2D eigenvalue weighted by atomic mass is 9.56. The topological polar surface area (TPSA) is 97.1 Å². The van der Waals surface area contributed by atoms with E-state index in [1.165, 1.54) is 89.2 Å². The zero-order valence-electron chi connectivity index (χ0n) is 38.5. The SMILES string of the molecule is Cc1cn(C23CCC(Cc4nc5n(n4)CCCC[C@@H]5c4cc(F)cc(Cl)c4)(CC2)CC3)cn1.Cc1cn(C23CCC(Cc4nc5n(n4)CCCC[C@H]5c4cc(F)cc(Cl)c4)(CC2)CC3)cn1. The van der Waals surface area contributed by atoms with Crippen molar-refractivity contribution in [1.29, 1.82) is 0 Å². The maximum Gasteiger partial charge on any atom is 0.151 e. The van der Waals surface area contributed by atoms with Crippen LogP contribution in [0.25, 0.3) is 0 Å². The van der Waals surface area contributed by atoms with Gasteiger partial charge in [0.05, 0.1) is 24.0 Å². The first-order chi connectivity index (χ1) is 31.9. The zero-order chi connectivity index (χ0) is 45.3. The lowest BCUT2D eigenvalue weighted by Crippen LogP contribution is -2.48. The van der Waals surface area contributed by atoms with Crippen molar-refractivity contribution in [3.05, 3.63) is 129 Å². The van der Waals surface area contributed by atoms with Crippen LogP contribution >= 0.6 is 23.2 Å². The molecule has 0 amide bonds. The molecule has 6 aromatic rings. The summed E-state index contributed by atoms with van der Waals surface area (Å²) in [7, 11) is 0. The average molecular weight is 936 g/mol. The molecule has 2 atom stereocenters. The monoisotopic (exact) mass is 934 g/mol. The lowest BCUT2D eigenvalue weighted by molar-refractivity contribution is -0.00128. The molecule has 6 fully saturated rings. The Bertz CT molecular complexity index is 2460. The van der Waals surface area contributed by atoms with Crippen LogP contribution in [-0.4, -0.2) is 48.6 Å². The summed E-state index contributed by atoms with van der Waals surface area (Å²) in [5.41, 5.74) is 5.15. The lowest BCUT2D eigenvalue weighted by Gasteiger charge is -2.53. The van der Waals surface area contributed by atoms with Gasteiger partial charge < -0.3 is 9.13 Å². The summed E-state index contributed by atoms with van der Waals surface area (Å²) in [5, 5.41) is 10.8. The maximum atomic E-state index is 14.1. The van der Waals surface area contributed by atoms with E-state index in [-0.39, 0.29) is 34.5 Å². The fourth-order valence-electron chi connectivity index (χ4n) is 13.3. The van der Waals surface area contributed by atoms with Crippen molar-refractivity contribution in [3.63, 3.8) is 0 Å². The van der Waals surface area contributed by atoms with E-state index in [0.717, 1.165) is 110 Å². The van der Waals surface area contributed by atoms with Crippen LogP contribution in [-0.2, 0) is 37.0 Å². The minimum Gasteiger partial charge on any atom is -0.331 e. The Morgan fingerprint density at radius 2 is 0.939 bits per heavy atom. The normalized spacial score (nSPS) is 29.1. The van der Waals surface area contributed by atoms with Crippen LogP contribution in [0.5, 0.6) is 0 Å². The molecule has 0 unspecified atom stereocenters. The Balaban J connectivity index is 0.000000146. The number of imidazole rings is 2. The molecule has 6 heterocycles. The fourth-order valence-corrected chi connectivity index (χ4v) is 13.7. The van der Waals surface area contributed by atoms with Crippen molar-refractivity contribution in [1.82, 2.24) is 48.6 Å². The Morgan fingerprint density at radius 3 is 1.29 bits per heavy atom. The van der Waals surface area contributed by atoms with Gasteiger partial charge in [0.15, 0.2) is 11.6 Å². The number of benzene rings is 2. The Labute approximate surface area is 397 Å². The maximum absolute atomic E-state index is 14.1. The van der Waals surface area contributed by atoms with Gasteiger partial charge in [-0.25, -0.2) is 38.1 Å². The standard InChI is InChI=1S/2C26H31ClFN5/c2*1-18-16-32(17-29-18)26-8-5-25(6-9-26,7-10-26)15-23-30-24-22(4-2-3-11-33(24)31-23)19-12-20(27)14-21(28)13-19/h2*12-14,16-17,22H,2-11,15H2,1H3/t2*22-,25?,26?/m10/s1. The Morgan fingerprint density at radius 1 is 0.545 bits per heavy atom. The molecule has 0 radical (unpaired) electrons. The van der Waals surface area contributed by atoms with Gasteiger partial charge in [-0.1, -0.05) is 36.0 Å². The summed E-state index contributed by atoms with van der Waals surface area (Å²) >= 11 is 12.4. The van der Waals surface area contributed by atoms with Crippen LogP contribution in [0.4, 0.5) is 8.78 Å². The van der Waals surface area contributed by atoms with Crippen LogP contribution in [0.1, 0.15) is 173 Å². The zero-order valence-corrected chi connectivity index (χ0v) is 40.0. The van der Waals surface area contributed by atoms with Crippen LogP contribution in [0.3, 0.4) is 0 Å². The van der Waals surface area contributed by atoms with Crippen LogP contribution in [0.2, 0.25) is 10.0 Å². The molecular weight excluding hydrogens is 874 g/mol. The van der Waals surface area contributed by atoms with Crippen molar-refractivity contribution in [3.8, 4) is 0 Å².